The highest BCUT2D eigenvalue weighted by atomic mass is 19.1. The summed E-state index contributed by atoms with van der Waals surface area (Å²) in [5.41, 5.74) is 0. The molecular formula is C5H12BFO. The number of ether oxygens (including phenoxy) is 1. The maximum absolute atomic E-state index is 9.00. The lowest BCUT2D eigenvalue weighted by Gasteiger charge is -1.91. The second-order valence-corrected chi connectivity index (χ2v) is 1.20. The van der Waals surface area contributed by atoms with Gasteiger partial charge in [-0.1, -0.05) is 6.92 Å². The van der Waals surface area contributed by atoms with Crippen molar-refractivity contribution in [3.8, 4) is 0 Å². The zero-order valence-corrected chi connectivity index (χ0v) is 5.48. The first kappa shape index (κ1) is 10.9. The van der Waals surface area contributed by atoms with Gasteiger partial charge in [0.1, 0.15) is 0 Å². The van der Waals surface area contributed by atoms with E-state index in [0.29, 0.717) is 0 Å². The molecule has 48 valence electrons. The molecule has 0 bridgehead atoms. The number of hydrogen-bond donors (Lipinski definition) is 0. The second-order valence-electron chi connectivity index (χ2n) is 1.20. The molecule has 0 N–H and O–H groups in total. The average Bonchev–Trinajstić information content (AvgIpc) is 1.88. The van der Waals surface area contributed by atoms with Gasteiger partial charge in [-0.05, 0) is 13.3 Å². The Morgan fingerprint density at radius 1 is 1.38 bits per heavy atom. The van der Waals surface area contributed by atoms with Gasteiger partial charge in [0.15, 0.2) is 0 Å². The molecule has 0 saturated carbocycles. The first-order valence-electron chi connectivity index (χ1n) is 2.71. The second kappa shape index (κ2) is 15.8. The fourth-order valence-electron chi connectivity index (χ4n) is 0.289. The molecule has 0 heterocycles. The molecule has 2 radical (unpaired) electrons. The predicted octanol–water partition coefficient (Wildman–Crippen LogP) is 1.47. The molecule has 0 spiro atoms. The summed E-state index contributed by atoms with van der Waals surface area (Å²) in [6, 6.07) is 0. The van der Waals surface area contributed by atoms with E-state index in [0.717, 1.165) is 19.6 Å². The third kappa shape index (κ3) is 16.7. The van der Waals surface area contributed by atoms with Crippen LogP contribution in [-0.4, -0.2) is 21.3 Å². The molecule has 0 aromatic heterocycles. The first-order chi connectivity index (χ1) is 3.91. The van der Waals surface area contributed by atoms with E-state index in [-0.39, 0.29) is 0 Å². The van der Waals surface area contributed by atoms with Crippen molar-refractivity contribution < 1.29 is 9.05 Å². The summed E-state index contributed by atoms with van der Waals surface area (Å²) in [5.74, 6) is 0. The quantitative estimate of drug-likeness (QED) is 0.402. The molecule has 0 amide bonds. The van der Waals surface area contributed by atoms with E-state index in [9.17, 15) is 0 Å². The third-order valence-electron chi connectivity index (χ3n) is 0.553. The molecular weight excluding hydrogens is 106 g/mol. The van der Waals surface area contributed by atoms with E-state index < -0.39 is 0 Å². The van der Waals surface area contributed by atoms with Crippen LogP contribution >= 0.6 is 0 Å². The van der Waals surface area contributed by atoms with Crippen LogP contribution in [0.15, 0.2) is 0 Å². The van der Waals surface area contributed by atoms with Crippen molar-refractivity contribution in [2.75, 3.05) is 13.2 Å². The molecule has 0 unspecified atom stereocenters. The van der Waals surface area contributed by atoms with E-state index >= 15 is 0 Å². The number of rotatable bonds is 3. The van der Waals surface area contributed by atoms with Gasteiger partial charge >= 0.3 is 8.12 Å². The van der Waals surface area contributed by atoms with Crippen LogP contribution in [-0.2, 0) is 4.74 Å². The summed E-state index contributed by atoms with van der Waals surface area (Å²) >= 11 is 0. The minimum absolute atomic E-state index is 0.855. The smallest absolute Gasteiger partial charge is 0.350 e. The largest absolute Gasteiger partial charge is 0.382 e. The van der Waals surface area contributed by atoms with Gasteiger partial charge in [0.25, 0.3) is 0 Å². The molecule has 0 saturated heterocycles. The average molecular weight is 118 g/mol. The van der Waals surface area contributed by atoms with Crippen LogP contribution in [0.2, 0.25) is 0 Å². The van der Waals surface area contributed by atoms with Crippen LogP contribution in [0.5, 0.6) is 0 Å². The van der Waals surface area contributed by atoms with Crippen molar-refractivity contribution >= 4 is 8.12 Å². The van der Waals surface area contributed by atoms with Crippen LogP contribution in [0, 0.1) is 0 Å². The maximum atomic E-state index is 9.00. The molecule has 0 aliphatic carbocycles. The summed E-state index contributed by atoms with van der Waals surface area (Å²) in [4.78, 5) is 0. The standard InChI is InChI=1S/C5H12O.BF/c1-3-5-6-4-2;1-2/h3-5H2,1-2H3;. The summed E-state index contributed by atoms with van der Waals surface area (Å²) < 4.78 is 14.0. The Kier molecular flexibility index (Phi) is 21.4. The Hall–Kier alpha value is -0.0451. The van der Waals surface area contributed by atoms with Crippen LogP contribution in [0.3, 0.4) is 0 Å². The fraction of sp³-hybridized carbons (Fsp3) is 1.00. The highest BCUT2D eigenvalue weighted by Crippen LogP contribution is 1.75. The SMILES string of the molecule is CCCOCC.[B]F. The minimum atomic E-state index is 0.855. The van der Waals surface area contributed by atoms with Crippen LogP contribution in [0.4, 0.5) is 4.32 Å². The lowest BCUT2D eigenvalue weighted by Crippen LogP contribution is -1.88. The van der Waals surface area contributed by atoms with Gasteiger partial charge in [0.2, 0.25) is 0 Å². The topological polar surface area (TPSA) is 9.23 Å². The Bertz CT molecular complexity index is 24.4. The van der Waals surface area contributed by atoms with E-state index in [1.54, 1.807) is 0 Å². The van der Waals surface area contributed by atoms with Gasteiger partial charge < -0.3 is 9.05 Å². The molecule has 0 rings (SSSR count). The molecule has 3 heteroatoms. The number of halogens is 1. The lowest BCUT2D eigenvalue weighted by molar-refractivity contribution is 0.148. The van der Waals surface area contributed by atoms with Crippen molar-refractivity contribution in [3.63, 3.8) is 0 Å². The molecule has 0 aliphatic heterocycles. The highest BCUT2D eigenvalue weighted by molar-refractivity contribution is 5.96. The van der Waals surface area contributed by atoms with E-state index in [4.69, 9.17) is 9.05 Å². The zero-order chi connectivity index (χ0) is 6.83. The highest BCUT2D eigenvalue weighted by Gasteiger charge is 1.72. The van der Waals surface area contributed by atoms with Crippen LogP contribution in [0.1, 0.15) is 20.3 Å². The van der Waals surface area contributed by atoms with Gasteiger partial charge in [-0.2, -0.15) is 0 Å². The summed E-state index contributed by atoms with van der Waals surface area (Å²) in [5, 5.41) is 0. The van der Waals surface area contributed by atoms with Gasteiger partial charge in [0.05, 0.1) is 0 Å². The van der Waals surface area contributed by atoms with Crippen LogP contribution in [0.25, 0.3) is 0 Å². The maximum Gasteiger partial charge on any atom is 0.350 e. The van der Waals surface area contributed by atoms with E-state index in [1.807, 2.05) is 6.92 Å². The zero-order valence-electron chi connectivity index (χ0n) is 5.48. The monoisotopic (exact) mass is 118 g/mol. The Morgan fingerprint density at radius 2 is 1.88 bits per heavy atom. The van der Waals surface area contributed by atoms with E-state index in [1.165, 1.54) is 0 Å². The minimum Gasteiger partial charge on any atom is -0.382 e. The summed E-state index contributed by atoms with van der Waals surface area (Å²) in [6.45, 7) is 5.88. The molecule has 0 fully saturated rings. The van der Waals surface area contributed by atoms with Crippen LogP contribution < -0.4 is 0 Å². The lowest BCUT2D eigenvalue weighted by atomic mass is 10.5. The van der Waals surface area contributed by atoms with Gasteiger partial charge in [0, 0.05) is 13.2 Å². The molecule has 0 aliphatic rings. The summed E-state index contributed by atoms with van der Waals surface area (Å²) in [6.07, 6.45) is 1.13. The predicted molar refractivity (Wildman–Crippen MR) is 33.6 cm³/mol. The number of hydrogen-bond acceptors (Lipinski definition) is 1. The van der Waals surface area contributed by atoms with Gasteiger partial charge in [-0.15, -0.1) is 0 Å². The van der Waals surface area contributed by atoms with E-state index in [2.05, 4.69) is 15.0 Å². The Morgan fingerprint density at radius 3 is 2.00 bits per heavy atom. The Labute approximate surface area is 51.7 Å². The molecule has 8 heavy (non-hydrogen) atoms. The van der Waals surface area contributed by atoms with Crippen molar-refractivity contribution in [1.29, 1.82) is 0 Å². The Balaban J connectivity index is 0. The van der Waals surface area contributed by atoms with Gasteiger partial charge in [-0.3, -0.25) is 0 Å². The molecule has 1 nitrogen and oxygen atoms in total. The van der Waals surface area contributed by atoms with Crippen molar-refractivity contribution in [2.24, 2.45) is 0 Å². The van der Waals surface area contributed by atoms with Crippen molar-refractivity contribution in [2.45, 2.75) is 20.3 Å². The summed E-state index contributed by atoms with van der Waals surface area (Å²) in [7, 11) is 3.00. The fourth-order valence-corrected chi connectivity index (χ4v) is 0.289. The van der Waals surface area contributed by atoms with Crippen molar-refractivity contribution in [3.05, 3.63) is 0 Å². The van der Waals surface area contributed by atoms with Crippen molar-refractivity contribution in [1.82, 2.24) is 0 Å². The normalized spacial score (nSPS) is 7.38. The molecule has 0 atom stereocenters. The first-order valence-corrected chi connectivity index (χ1v) is 2.71. The third-order valence-corrected chi connectivity index (χ3v) is 0.553. The molecule has 0 aromatic rings. The van der Waals surface area contributed by atoms with Gasteiger partial charge in [-0.25, -0.2) is 0 Å². The molecule has 0 aromatic carbocycles.